The van der Waals surface area contributed by atoms with Gasteiger partial charge in [0, 0.05) is 18.2 Å². The van der Waals surface area contributed by atoms with Crippen LogP contribution in [0.1, 0.15) is 24.0 Å². The minimum Gasteiger partial charge on any atom is -0.507 e. The molecule has 1 aliphatic rings. The Labute approximate surface area is 149 Å². The quantitative estimate of drug-likeness (QED) is 0.868. The fourth-order valence-electron chi connectivity index (χ4n) is 3.16. The second kappa shape index (κ2) is 7.11. The van der Waals surface area contributed by atoms with Crippen molar-refractivity contribution in [3.63, 3.8) is 0 Å². The summed E-state index contributed by atoms with van der Waals surface area (Å²) in [7, 11) is 2.07. The molecule has 0 unspecified atom stereocenters. The summed E-state index contributed by atoms with van der Waals surface area (Å²) in [5, 5.41) is 21.6. The minimum absolute atomic E-state index is 0.220. The molecule has 1 aliphatic heterocycles. The number of hydrogen-bond acceptors (Lipinski definition) is 5. The maximum atomic E-state index is 12.7. The summed E-state index contributed by atoms with van der Waals surface area (Å²) < 4.78 is 38.2. The molecule has 1 aromatic heterocycles. The average Bonchev–Trinajstić information content (AvgIpc) is 2.56. The molecule has 0 aliphatic carbocycles. The van der Waals surface area contributed by atoms with Gasteiger partial charge in [0.1, 0.15) is 5.75 Å². The zero-order valence-electron chi connectivity index (χ0n) is 14.6. The molecule has 140 valence electrons. The molecule has 8 heteroatoms. The highest BCUT2D eigenvalue weighted by molar-refractivity contribution is 5.68. The van der Waals surface area contributed by atoms with Crippen LogP contribution in [-0.2, 0) is 6.18 Å². The van der Waals surface area contributed by atoms with E-state index in [1.165, 1.54) is 6.07 Å². The maximum Gasteiger partial charge on any atom is 0.416 e. The van der Waals surface area contributed by atoms with Crippen molar-refractivity contribution in [2.45, 2.75) is 32.0 Å². The van der Waals surface area contributed by atoms with Gasteiger partial charge in [0.15, 0.2) is 5.82 Å². The zero-order valence-corrected chi connectivity index (χ0v) is 14.6. The van der Waals surface area contributed by atoms with E-state index in [0.29, 0.717) is 17.6 Å². The molecule has 0 spiro atoms. The summed E-state index contributed by atoms with van der Waals surface area (Å²) in [5.41, 5.74) is 0.475. The molecule has 0 amide bonds. The highest BCUT2D eigenvalue weighted by atomic mass is 19.4. The van der Waals surface area contributed by atoms with Gasteiger partial charge in [0.25, 0.3) is 0 Å². The van der Waals surface area contributed by atoms with Crippen molar-refractivity contribution in [2.24, 2.45) is 0 Å². The van der Waals surface area contributed by atoms with Crippen molar-refractivity contribution in [2.75, 3.05) is 25.5 Å². The van der Waals surface area contributed by atoms with E-state index in [1.807, 2.05) is 6.92 Å². The number of piperidine rings is 1. The Hall–Kier alpha value is -2.35. The summed E-state index contributed by atoms with van der Waals surface area (Å²) in [6.07, 6.45) is -2.34. The van der Waals surface area contributed by atoms with Crippen LogP contribution in [0.2, 0.25) is 0 Å². The number of nitrogens with zero attached hydrogens (tertiary/aromatic N) is 3. The van der Waals surface area contributed by atoms with Gasteiger partial charge in [-0.3, -0.25) is 0 Å². The first-order valence-electron chi connectivity index (χ1n) is 8.44. The van der Waals surface area contributed by atoms with Crippen LogP contribution >= 0.6 is 0 Å². The van der Waals surface area contributed by atoms with Gasteiger partial charge in [-0.05, 0) is 63.2 Å². The molecule has 0 bridgehead atoms. The van der Waals surface area contributed by atoms with Gasteiger partial charge in [-0.25, -0.2) is 0 Å². The first-order chi connectivity index (χ1) is 12.2. The molecule has 2 heterocycles. The molecule has 1 saturated heterocycles. The molecule has 1 atom stereocenters. The number of benzene rings is 1. The number of anilines is 1. The highest BCUT2D eigenvalue weighted by Gasteiger charge is 2.31. The molecular formula is C18H21F3N4O. The molecule has 2 aromatic rings. The number of likely N-dealkylation sites (N-methyl/N-ethyl adjacent to an activating group) is 1. The largest absolute Gasteiger partial charge is 0.507 e. The van der Waals surface area contributed by atoms with Crippen molar-refractivity contribution in [1.82, 2.24) is 15.1 Å². The van der Waals surface area contributed by atoms with Crippen molar-refractivity contribution in [3.05, 3.63) is 35.4 Å². The van der Waals surface area contributed by atoms with Gasteiger partial charge >= 0.3 is 6.18 Å². The van der Waals surface area contributed by atoms with Crippen LogP contribution < -0.4 is 5.32 Å². The lowest BCUT2D eigenvalue weighted by Crippen LogP contribution is -2.40. The molecule has 1 fully saturated rings. The Balaban J connectivity index is 1.81. The van der Waals surface area contributed by atoms with E-state index < -0.39 is 17.5 Å². The van der Waals surface area contributed by atoms with E-state index in [4.69, 9.17) is 0 Å². The Kier molecular flexibility index (Phi) is 5.04. The van der Waals surface area contributed by atoms with E-state index in [1.54, 1.807) is 6.07 Å². The number of aromatic nitrogens is 2. The standard InChI is InChI=1S/C18H21F3N4O/c1-11-8-15(14-6-5-12(9-16(14)26)18(19,20)21)23-24-17(11)22-13-4-3-7-25(2)10-13/h5-6,8-9,13,26H,3-4,7,10H2,1-2H3,(H,22,24)/t13-/m0/s1. The third-order valence-corrected chi connectivity index (χ3v) is 4.55. The summed E-state index contributed by atoms with van der Waals surface area (Å²) >= 11 is 0. The number of phenols is 1. The minimum atomic E-state index is -4.50. The number of aromatic hydroxyl groups is 1. The molecule has 0 radical (unpaired) electrons. The first-order valence-corrected chi connectivity index (χ1v) is 8.44. The Morgan fingerprint density at radius 3 is 2.62 bits per heavy atom. The number of phenolic OH excluding ortho intramolecular Hbond substituents is 1. The highest BCUT2D eigenvalue weighted by Crippen LogP contribution is 2.36. The van der Waals surface area contributed by atoms with E-state index >= 15 is 0 Å². The van der Waals surface area contributed by atoms with E-state index in [0.717, 1.165) is 37.6 Å². The number of rotatable bonds is 3. The molecule has 3 rings (SSSR count). The average molecular weight is 366 g/mol. The predicted molar refractivity (Wildman–Crippen MR) is 93.0 cm³/mol. The molecule has 5 nitrogen and oxygen atoms in total. The van der Waals surface area contributed by atoms with E-state index in [9.17, 15) is 18.3 Å². The lowest BCUT2D eigenvalue weighted by Gasteiger charge is -2.30. The number of alkyl halides is 3. The third-order valence-electron chi connectivity index (χ3n) is 4.55. The lowest BCUT2D eigenvalue weighted by molar-refractivity contribution is -0.137. The molecule has 26 heavy (non-hydrogen) atoms. The van der Waals surface area contributed by atoms with Crippen LogP contribution in [0.5, 0.6) is 5.75 Å². The van der Waals surface area contributed by atoms with Crippen LogP contribution in [0.4, 0.5) is 19.0 Å². The van der Waals surface area contributed by atoms with Gasteiger partial charge in [0.2, 0.25) is 0 Å². The first kappa shape index (κ1) is 18.4. The van der Waals surface area contributed by atoms with Gasteiger partial charge in [-0.1, -0.05) is 0 Å². The Bertz CT molecular complexity index is 794. The van der Waals surface area contributed by atoms with Crippen LogP contribution in [0.15, 0.2) is 24.3 Å². The fourth-order valence-corrected chi connectivity index (χ4v) is 3.16. The zero-order chi connectivity index (χ0) is 18.9. The van der Waals surface area contributed by atoms with Crippen LogP contribution in [0.25, 0.3) is 11.3 Å². The van der Waals surface area contributed by atoms with E-state index in [-0.39, 0.29) is 11.6 Å². The van der Waals surface area contributed by atoms with Crippen LogP contribution in [-0.4, -0.2) is 46.4 Å². The number of likely N-dealkylation sites (tertiary alicyclic amines) is 1. The molecule has 0 saturated carbocycles. The van der Waals surface area contributed by atoms with Gasteiger partial charge in [-0.2, -0.15) is 13.2 Å². The van der Waals surface area contributed by atoms with Crippen LogP contribution in [0.3, 0.4) is 0 Å². The van der Waals surface area contributed by atoms with Crippen molar-refractivity contribution in [3.8, 4) is 17.0 Å². The van der Waals surface area contributed by atoms with Gasteiger partial charge in [-0.15, -0.1) is 10.2 Å². The lowest BCUT2D eigenvalue weighted by atomic mass is 10.0. The van der Waals surface area contributed by atoms with Crippen molar-refractivity contribution < 1.29 is 18.3 Å². The van der Waals surface area contributed by atoms with Gasteiger partial charge in [0.05, 0.1) is 11.3 Å². The Morgan fingerprint density at radius 1 is 1.23 bits per heavy atom. The fraction of sp³-hybridized carbons (Fsp3) is 0.444. The number of hydrogen-bond donors (Lipinski definition) is 2. The van der Waals surface area contributed by atoms with Gasteiger partial charge < -0.3 is 15.3 Å². The molecule has 2 N–H and O–H groups in total. The second-order valence-electron chi connectivity index (χ2n) is 6.74. The number of aryl methyl sites for hydroxylation is 1. The monoisotopic (exact) mass is 366 g/mol. The smallest absolute Gasteiger partial charge is 0.416 e. The summed E-state index contributed by atoms with van der Waals surface area (Å²) in [6, 6.07) is 4.84. The molecule has 1 aromatic carbocycles. The maximum absolute atomic E-state index is 12.7. The number of nitrogens with one attached hydrogen (secondary N) is 1. The topological polar surface area (TPSA) is 61.3 Å². The molecular weight excluding hydrogens is 345 g/mol. The summed E-state index contributed by atoms with van der Waals surface area (Å²) in [6.45, 7) is 3.85. The Morgan fingerprint density at radius 2 is 2.00 bits per heavy atom. The van der Waals surface area contributed by atoms with Crippen molar-refractivity contribution >= 4 is 5.82 Å². The van der Waals surface area contributed by atoms with E-state index in [2.05, 4.69) is 27.5 Å². The summed E-state index contributed by atoms with van der Waals surface area (Å²) in [5.74, 6) is 0.184. The predicted octanol–water partition coefficient (Wildman–Crippen LogP) is 3.68. The second-order valence-corrected chi connectivity index (χ2v) is 6.74. The third kappa shape index (κ3) is 4.07. The van der Waals surface area contributed by atoms with Crippen molar-refractivity contribution in [1.29, 1.82) is 0 Å². The summed E-state index contributed by atoms with van der Waals surface area (Å²) in [4.78, 5) is 2.25. The number of halogens is 3. The normalized spacial score (nSPS) is 18.7. The van der Waals surface area contributed by atoms with Crippen LogP contribution in [0, 0.1) is 6.92 Å². The SMILES string of the molecule is Cc1cc(-c2ccc(C(F)(F)F)cc2O)nnc1N[C@H]1CCCN(C)C1.